The van der Waals surface area contributed by atoms with Crippen LogP contribution in [-0.4, -0.2) is 62.4 Å². The molecule has 0 bridgehead atoms. The number of rotatable bonds is 8. The van der Waals surface area contributed by atoms with Crippen LogP contribution in [0.25, 0.3) is 0 Å². The maximum absolute atomic E-state index is 12.5. The van der Waals surface area contributed by atoms with Gasteiger partial charge >= 0.3 is 12.0 Å². The van der Waals surface area contributed by atoms with Crippen molar-refractivity contribution in [1.82, 2.24) is 14.5 Å². The number of benzene rings is 1. The number of urea groups is 1. The number of piperidine rings is 1. The zero-order valence-electron chi connectivity index (χ0n) is 17.4. The van der Waals surface area contributed by atoms with Gasteiger partial charge in [0.1, 0.15) is 0 Å². The third-order valence-electron chi connectivity index (χ3n) is 5.11. The molecule has 1 fully saturated rings. The van der Waals surface area contributed by atoms with Crippen LogP contribution in [-0.2, 0) is 26.1 Å². The van der Waals surface area contributed by atoms with Gasteiger partial charge < -0.3 is 15.0 Å². The Labute approximate surface area is 173 Å². The minimum absolute atomic E-state index is 0.140. The zero-order chi connectivity index (χ0) is 21.4. The summed E-state index contributed by atoms with van der Waals surface area (Å²) in [5.74, 6) is -0.327. The number of carbonyl (C=O) groups excluding carboxylic acids is 2. The van der Waals surface area contributed by atoms with E-state index in [4.69, 9.17) is 4.74 Å². The second kappa shape index (κ2) is 10.6. The highest BCUT2D eigenvalue weighted by Crippen LogP contribution is 2.19. The fourth-order valence-electron chi connectivity index (χ4n) is 3.36. The van der Waals surface area contributed by atoms with Crippen LogP contribution < -0.4 is 5.32 Å². The van der Waals surface area contributed by atoms with Crippen LogP contribution in [0.5, 0.6) is 0 Å². The van der Waals surface area contributed by atoms with E-state index >= 15 is 0 Å². The zero-order valence-corrected chi connectivity index (χ0v) is 18.2. The lowest BCUT2D eigenvalue weighted by molar-refractivity contribution is -0.149. The molecule has 0 spiro atoms. The summed E-state index contributed by atoms with van der Waals surface area (Å²) in [7, 11) is -3.48. The van der Waals surface area contributed by atoms with Crippen molar-refractivity contribution in [3.05, 3.63) is 29.8 Å². The Hall–Kier alpha value is -2.13. The molecule has 29 heavy (non-hydrogen) atoms. The lowest BCUT2D eigenvalue weighted by Crippen LogP contribution is -2.45. The van der Waals surface area contributed by atoms with Crippen molar-refractivity contribution in [3.8, 4) is 0 Å². The van der Waals surface area contributed by atoms with Crippen LogP contribution in [0.15, 0.2) is 29.2 Å². The highest BCUT2D eigenvalue weighted by molar-refractivity contribution is 7.89. The second-order valence-corrected chi connectivity index (χ2v) is 8.84. The third-order valence-corrected chi connectivity index (χ3v) is 7.18. The molecular formula is C20H31N3O5S. The fraction of sp³-hybridized carbons (Fsp3) is 0.600. The van der Waals surface area contributed by atoms with Crippen LogP contribution in [0.1, 0.15) is 39.2 Å². The van der Waals surface area contributed by atoms with Crippen LogP contribution in [0, 0.1) is 5.92 Å². The number of esters is 1. The quantitative estimate of drug-likeness (QED) is 0.644. The molecule has 1 aliphatic heterocycles. The number of nitrogens with one attached hydrogen (secondary N) is 1. The van der Waals surface area contributed by atoms with E-state index in [1.165, 1.54) is 4.31 Å². The monoisotopic (exact) mass is 425 g/mol. The number of carbonyl (C=O) groups is 2. The Bertz CT molecular complexity index is 783. The highest BCUT2D eigenvalue weighted by atomic mass is 32.2. The lowest BCUT2D eigenvalue weighted by atomic mass is 9.97. The maximum atomic E-state index is 12.5. The van der Waals surface area contributed by atoms with Crippen LogP contribution in [0.4, 0.5) is 4.79 Å². The van der Waals surface area contributed by atoms with Crippen molar-refractivity contribution in [2.75, 3.05) is 32.8 Å². The van der Waals surface area contributed by atoms with E-state index in [0.717, 1.165) is 5.56 Å². The first-order valence-corrected chi connectivity index (χ1v) is 11.6. The van der Waals surface area contributed by atoms with Gasteiger partial charge in [-0.05, 0) is 37.5 Å². The molecule has 8 nitrogen and oxygen atoms in total. The van der Waals surface area contributed by atoms with Crippen molar-refractivity contribution < 1.29 is 22.7 Å². The first-order chi connectivity index (χ1) is 13.8. The number of hydrogen-bond donors (Lipinski definition) is 1. The summed E-state index contributed by atoms with van der Waals surface area (Å²) in [6.07, 6.45) is 1.20. The van der Waals surface area contributed by atoms with Gasteiger partial charge in [0.15, 0.2) is 0 Å². The van der Waals surface area contributed by atoms with Gasteiger partial charge in [0.25, 0.3) is 0 Å². The van der Waals surface area contributed by atoms with E-state index in [0.29, 0.717) is 52.2 Å². The van der Waals surface area contributed by atoms with Crippen LogP contribution in [0.2, 0.25) is 0 Å². The van der Waals surface area contributed by atoms with Gasteiger partial charge in [-0.15, -0.1) is 0 Å². The van der Waals surface area contributed by atoms with Gasteiger partial charge in [-0.25, -0.2) is 13.2 Å². The summed E-state index contributed by atoms with van der Waals surface area (Å²) < 4.78 is 31.5. The Morgan fingerprint density at radius 3 is 2.21 bits per heavy atom. The largest absolute Gasteiger partial charge is 0.466 e. The molecule has 162 valence electrons. The molecule has 0 radical (unpaired) electrons. The average Bonchev–Trinajstić information content (AvgIpc) is 2.73. The van der Waals surface area contributed by atoms with E-state index in [1.54, 1.807) is 49.9 Å². The summed E-state index contributed by atoms with van der Waals surface area (Å²) in [4.78, 5) is 26.1. The van der Waals surface area contributed by atoms with E-state index in [1.807, 2.05) is 0 Å². The van der Waals surface area contributed by atoms with E-state index < -0.39 is 10.0 Å². The summed E-state index contributed by atoms with van der Waals surface area (Å²) >= 11 is 0. The van der Waals surface area contributed by atoms with Crippen molar-refractivity contribution in [2.45, 2.75) is 45.1 Å². The molecule has 1 saturated heterocycles. The predicted octanol–water partition coefficient (Wildman–Crippen LogP) is 2.20. The summed E-state index contributed by atoms with van der Waals surface area (Å²) in [6, 6.07) is 6.37. The number of sulfonamides is 1. The molecular weight excluding hydrogens is 394 g/mol. The number of hydrogen-bond acceptors (Lipinski definition) is 5. The molecule has 0 atom stereocenters. The first kappa shape index (κ1) is 23.2. The van der Waals surface area contributed by atoms with Gasteiger partial charge in [-0.1, -0.05) is 26.0 Å². The van der Waals surface area contributed by atoms with Crippen molar-refractivity contribution >= 4 is 22.0 Å². The number of amides is 2. The molecule has 0 aliphatic carbocycles. The van der Waals surface area contributed by atoms with Crippen LogP contribution in [0.3, 0.4) is 0 Å². The molecule has 0 aromatic heterocycles. The standard InChI is InChI=1S/C20H31N3O5S/c1-4-23(5-2)29(26,27)18-9-7-16(8-10-18)15-21-20(25)22-13-11-17(12-14-22)19(24)28-6-3/h7-10,17H,4-6,11-15H2,1-3H3,(H,21,25). The Balaban J connectivity index is 1.86. The molecule has 0 unspecified atom stereocenters. The summed E-state index contributed by atoms with van der Waals surface area (Å²) in [5, 5.41) is 2.85. The molecule has 1 aromatic carbocycles. The van der Waals surface area contributed by atoms with Gasteiger partial charge in [0.2, 0.25) is 10.0 Å². The maximum Gasteiger partial charge on any atom is 0.317 e. The molecule has 9 heteroatoms. The minimum Gasteiger partial charge on any atom is -0.466 e. The molecule has 1 N–H and O–H groups in total. The molecule has 0 saturated carbocycles. The predicted molar refractivity (Wildman–Crippen MR) is 110 cm³/mol. The van der Waals surface area contributed by atoms with Gasteiger partial charge in [-0.2, -0.15) is 4.31 Å². The number of nitrogens with zero attached hydrogens (tertiary/aromatic N) is 2. The normalized spacial score (nSPS) is 15.4. The molecule has 2 amide bonds. The summed E-state index contributed by atoms with van der Waals surface area (Å²) in [6.45, 7) is 7.93. The van der Waals surface area contributed by atoms with E-state index in [9.17, 15) is 18.0 Å². The van der Waals surface area contributed by atoms with Crippen molar-refractivity contribution in [2.24, 2.45) is 5.92 Å². The van der Waals surface area contributed by atoms with Gasteiger partial charge in [-0.3, -0.25) is 4.79 Å². The summed E-state index contributed by atoms with van der Waals surface area (Å²) in [5.41, 5.74) is 0.818. The Kier molecular flexibility index (Phi) is 8.45. The minimum atomic E-state index is -3.48. The molecule has 1 aliphatic rings. The third kappa shape index (κ3) is 5.93. The van der Waals surface area contributed by atoms with Crippen LogP contribution >= 0.6 is 0 Å². The SMILES string of the molecule is CCOC(=O)C1CCN(C(=O)NCc2ccc(S(=O)(=O)N(CC)CC)cc2)CC1. The fourth-order valence-corrected chi connectivity index (χ4v) is 4.82. The molecule has 2 rings (SSSR count). The first-order valence-electron chi connectivity index (χ1n) is 10.1. The number of ether oxygens (including phenoxy) is 1. The lowest BCUT2D eigenvalue weighted by Gasteiger charge is -2.30. The smallest absolute Gasteiger partial charge is 0.317 e. The molecule has 1 aromatic rings. The van der Waals surface area contributed by atoms with Gasteiger partial charge in [0.05, 0.1) is 17.4 Å². The van der Waals surface area contributed by atoms with Crippen molar-refractivity contribution in [3.63, 3.8) is 0 Å². The molecule has 1 heterocycles. The highest BCUT2D eigenvalue weighted by Gasteiger charge is 2.28. The number of likely N-dealkylation sites (tertiary alicyclic amines) is 1. The van der Waals surface area contributed by atoms with E-state index in [2.05, 4.69) is 5.32 Å². The van der Waals surface area contributed by atoms with E-state index in [-0.39, 0.29) is 22.8 Å². The Morgan fingerprint density at radius 1 is 1.10 bits per heavy atom. The second-order valence-electron chi connectivity index (χ2n) is 6.91. The Morgan fingerprint density at radius 2 is 1.69 bits per heavy atom. The average molecular weight is 426 g/mol. The topological polar surface area (TPSA) is 96.0 Å². The van der Waals surface area contributed by atoms with Crippen molar-refractivity contribution in [1.29, 1.82) is 0 Å². The van der Waals surface area contributed by atoms with Gasteiger partial charge in [0, 0.05) is 32.7 Å².